The largest absolute Gasteiger partial charge is 0.342 e. The standard InChI is InChI=1S/C22H31N3O.ClH/c23-12-3-4-13-24-17-18-10-14-25(15-11-18)22(26)16-20-8-5-7-19-6-1-2-9-21(19)20;/h1-2,5-9,18,24H,3-4,10-17,23H2;1H. The molecule has 3 rings (SSSR count). The van der Waals surface area contributed by atoms with Gasteiger partial charge in [0.1, 0.15) is 0 Å². The number of hydrogen-bond acceptors (Lipinski definition) is 3. The molecule has 0 unspecified atom stereocenters. The first-order chi connectivity index (χ1) is 12.8. The van der Waals surface area contributed by atoms with E-state index < -0.39 is 0 Å². The summed E-state index contributed by atoms with van der Waals surface area (Å²) in [6.45, 7) is 4.67. The fourth-order valence-corrected chi connectivity index (χ4v) is 3.81. The molecule has 0 spiro atoms. The Labute approximate surface area is 168 Å². The van der Waals surface area contributed by atoms with Gasteiger partial charge in [-0.15, -0.1) is 12.4 Å². The molecule has 2 aromatic carbocycles. The van der Waals surface area contributed by atoms with Crippen molar-refractivity contribution in [2.45, 2.75) is 32.1 Å². The average molecular weight is 390 g/mol. The van der Waals surface area contributed by atoms with Gasteiger partial charge in [0.05, 0.1) is 6.42 Å². The molecule has 148 valence electrons. The normalized spacial score (nSPS) is 14.9. The Hall–Kier alpha value is -1.62. The highest BCUT2D eigenvalue weighted by Crippen LogP contribution is 2.21. The van der Waals surface area contributed by atoms with E-state index in [2.05, 4.69) is 29.6 Å². The van der Waals surface area contributed by atoms with Crippen molar-refractivity contribution < 1.29 is 4.79 Å². The Kier molecular flexibility index (Phi) is 9.05. The summed E-state index contributed by atoms with van der Waals surface area (Å²) in [6, 6.07) is 14.5. The lowest BCUT2D eigenvalue weighted by Crippen LogP contribution is -2.41. The molecule has 1 aliphatic rings. The van der Waals surface area contributed by atoms with E-state index in [9.17, 15) is 4.79 Å². The van der Waals surface area contributed by atoms with Crippen LogP contribution in [0.25, 0.3) is 10.8 Å². The van der Waals surface area contributed by atoms with Gasteiger partial charge in [-0.05, 0) is 67.6 Å². The molecule has 0 aliphatic carbocycles. The summed E-state index contributed by atoms with van der Waals surface area (Å²) >= 11 is 0. The number of halogens is 1. The molecule has 1 fully saturated rings. The molecule has 1 heterocycles. The first-order valence-electron chi connectivity index (χ1n) is 9.93. The Morgan fingerprint density at radius 3 is 2.59 bits per heavy atom. The van der Waals surface area contributed by atoms with Crippen LogP contribution in [0.2, 0.25) is 0 Å². The molecular weight excluding hydrogens is 358 g/mol. The highest BCUT2D eigenvalue weighted by molar-refractivity contribution is 5.90. The number of fused-ring (bicyclic) bond motifs is 1. The van der Waals surface area contributed by atoms with Crippen molar-refractivity contribution in [2.24, 2.45) is 11.7 Å². The van der Waals surface area contributed by atoms with E-state index in [1.165, 1.54) is 10.8 Å². The van der Waals surface area contributed by atoms with E-state index >= 15 is 0 Å². The van der Waals surface area contributed by atoms with E-state index in [0.29, 0.717) is 12.3 Å². The van der Waals surface area contributed by atoms with Gasteiger partial charge in [-0.1, -0.05) is 42.5 Å². The average Bonchev–Trinajstić information content (AvgIpc) is 2.68. The fourth-order valence-electron chi connectivity index (χ4n) is 3.81. The summed E-state index contributed by atoms with van der Waals surface area (Å²) in [6.07, 6.45) is 4.95. The van der Waals surface area contributed by atoms with E-state index in [-0.39, 0.29) is 18.3 Å². The molecular formula is C22H32ClN3O. The molecule has 27 heavy (non-hydrogen) atoms. The summed E-state index contributed by atoms with van der Waals surface area (Å²) in [4.78, 5) is 14.8. The zero-order valence-electron chi connectivity index (χ0n) is 16.0. The number of nitrogens with two attached hydrogens (primary N) is 1. The number of nitrogens with zero attached hydrogens (tertiary/aromatic N) is 1. The second kappa shape index (κ2) is 11.3. The van der Waals surface area contributed by atoms with Crippen LogP contribution in [0.3, 0.4) is 0 Å². The van der Waals surface area contributed by atoms with Gasteiger partial charge in [0, 0.05) is 13.1 Å². The van der Waals surface area contributed by atoms with Crippen LogP contribution in [0, 0.1) is 5.92 Å². The van der Waals surface area contributed by atoms with Crippen LogP contribution in [0.5, 0.6) is 0 Å². The SMILES string of the molecule is Cl.NCCCCNCC1CCN(C(=O)Cc2cccc3ccccc23)CC1. The number of carbonyl (C=O) groups excluding carboxylic acids is 1. The zero-order chi connectivity index (χ0) is 18.2. The molecule has 2 aromatic rings. The first-order valence-corrected chi connectivity index (χ1v) is 9.93. The maximum Gasteiger partial charge on any atom is 0.227 e. The van der Waals surface area contributed by atoms with Crippen molar-refractivity contribution in [1.82, 2.24) is 10.2 Å². The van der Waals surface area contributed by atoms with E-state index in [1.54, 1.807) is 0 Å². The third-order valence-corrected chi connectivity index (χ3v) is 5.43. The van der Waals surface area contributed by atoms with Gasteiger partial charge in [-0.3, -0.25) is 4.79 Å². The van der Waals surface area contributed by atoms with Gasteiger partial charge < -0.3 is 16.0 Å². The van der Waals surface area contributed by atoms with Crippen LogP contribution in [0.15, 0.2) is 42.5 Å². The monoisotopic (exact) mass is 389 g/mol. The van der Waals surface area contributed by atoms with Crippen LogP contribution >= 0.6 is 12.4 Å². The summed E-state index contributed by atoms with van der Waals surface area (Å²) < 4.78 is 0. The second-order valence-electron chi connectivity index (χ2n) is 7.34. The smallest absolute Gasteiger partial charge is 0.227 e. The molecule has 0 bridgehead atoms. The molecule has 5 heteroatoms. The van der Waals surface area contributed by atoms with Crippen molar-refractivity contribution >= 4 is 29.1 Å². The van der Waals surface area contributed by atoms with Crippen LogP contribution < -0.4 is 11.1 Å². The number of carbonyl (C=O) groups is 1. The number of hydrogen-bond donors (Lipinski definition) is 2. The minimum atomic E-state index is 0. The third kappa shape index (κ3) is 6.20. The lowest BCUT2D eigenvalue weighted by atomic mass is 9.95. The van der Waals surface area contributed by atoms with Gasteiger partial charge >= 0.3 is 0 Å². The first kappa shape index (κ1) is 21.7. The van der Waals surface area contributed by atoms with Crippen molar-refractivity contribution in [3.8, 4) is 0 Å². The molecule has 1 amide bonds. The van der Waals surface area contributed by atoms with Crippen LogP contribution in [-0.2, 0) is 11.2 Å². The maximum absolute atomic E-state index is 12.7. The highest BCUT2D eigenvalue weighted by Gasteiger charge is 2.22. The quantitative estimate of drug-likeness (QED) is 0.680. The maximum atomic E-state index is 12.7. The molecule has 1 aliphatic heterocycles. The van der Waals surface area contributed by atoms with Crippen molar-refractivity contribution in [3.63, 3.8) is 0 Å². The number of nitrogens with one attached hydrogen (secondary N) is 1. The summed E-state index contributed by atoms with van der Waals surface area (Å²) in [7, 11) is 0. The molecule has 0 atom stereocenters. The second-order valence-corrected chi connectivity index (χ2v) is 7.34. The Bertz CT molecular complexity index is 708. The topological polar surface area (TPSA) is 58.4 Å². The highest BCUT2D eigenvalue weighted by atomic mass is 35.5. The number of benzene rings is 2. The molecule has 1 saturated heterocycles. The summed E-state index contributed by atoms with van der Waals surface area (Å²) in [5, 5.41) is 5.94. The molecule has 0 aromatic heterocycles. The molecule has 4 nitrogen and oxygen atoms in total. The van der Waals surface area contributed by atoms with Crippen LogP contribution in [-0.4, -0.2) is 43.5 Å². The van der Waals surface area contributed by atoms with Gasteiger partial charge in [0.15, 0.2) is 0 Å². The summed E-state index contributed by atoms with van der Waals surface area (Å²) in [5.41, 5.74) is 6.65. The Morgan fingerprint density at radius 1 is 1.07 bits per heavy atom. The zero-order valence-corrected chi connectivity index (χ0v) is 16.8. The van der Waals surface area contributed by atoms with E-state index in [0.717, 1.165) is 64.0 Å². The number of piperidine rings is 1. The lowest BCUT2D eigenvalue weighted by molar-refractivity contribution is -0.131. The third-order valence-electron chi connectivity index (χ3n) is 5.43. The predicted octanol–water partition coefficient (Wildman–Crippen LogP) is 3.37. The molecule has 0 saturated carbocycles. The Balaban J connectivity index is 0.00000261. The van der Waals surface area contributed by atoms with E-state index in [4.69, 9.17) is 5.73 Å². The van der Waals surface area contributed by atoms with Gasteiger partial charge in [0.25, 0.3) is 0 Å². The van der Waals surface area contributed by atoms with E-state index in [1.807, 2.05) is 23.1 Å². The lowest BCUT2D eigenvalue weighted by Gasteiger charge is -2.32. The van der Waals surface area contributed by atoms with Crippen LogP contribution in [0.1, 0.15) is 31.2 Å². The van der Waals surface area contributed by atoms with Gasteiger partial charge in [-0.2, -0.15) is 0 Å². The van der Waals surface area contributed by atoms with Crippen molar-refractivity contribution in [2.75, 3.05) is 32.7 Å². The van der Waals surface area contributed by atoms with Gasteiger partial charge in [0.2, 0.25) is 5.91 Å². The number of amides is 1. The van der Waals surface area contributed by atoms with Gasteiger partial charge in [-0.25, -0.2) is 0 Å². The van der Waals surface area contributed by atoms with Crippen molar-refractivity contribution in [1.29, 1.82) is 0 Å². The Morgan fingerprint density at radius 2 is 1.81 bits per heavy atom. The number of unbranched alkanes of at least 4 members (excludes halogenated alkanes) is 1. The molecule has 3 N–H and O–H groups in total. The minimum Gasteiger partial charge on any atom is -0.342 e. The van der Waals surface area contributed by atoms with Crippen molar-refractivity contribution in [3.05, 3.63) is 48.0 Å². The minimum absolute atomic E-state index is 0. The molecule has 0 radical (unpaired) electrons. The number of rotatable bonds is 8. The predicted molar refractivity (Wildman–Crippen MR) is 115 cm³/mol. The number of likely N-dealkylation sites (tertiary alicyclic amines) is 1. The fraction of sp³-hybridized carbons (Fsp3) is 0.500. The van der Waals surface area contributed by atoms with Crippen LogP contribution in [0.4, 0.5) is 0 Å². The summed E-state index contributed by atoms with van der Waals surface area (Å²) in [5.74, 6) is 0.949.